The van der Waals surface area contributed by atoms with Crippen molar-refractivity contribution in [2.45, 2.75) is 39.2 Å². The van der Waals surface area contributed by atoms with Crippen molar-refractivity contribution < 1.29 is 9.59 Å². The lowest BCUT2D eigenvalue weighted by molar-refractivity contribution is -0.136. The van der Waals surface area contributed by atoms with Crippen LogP contribution in [-0.4, -0.2) is 42.4 Å². The largest absolute Gasteiger partial charge is 0.352 e. The topological polar surface area (TPSA) is 75.4 Å². The summed E-state index contributed by atoms with van der Waals surface area (Å²) in [5.74, 6) is 0.0229. The molecule has 0 aromatic carbocycles. The Labute approximate surface area is 115 Å². The van der Waals surface area contributed by atoms with E-state index in [1.54, 1.807) is 0 Å². The lowest BCUT2D eigenvalue weighted by atomic mass is 10.0. The first kappa shape index (κ1) is 17.2. The average Bonchev–Trinajstić information content (AvgIpc) is 2.37. The quantitative estimate of drug-likeness (QED) is 0.787. The summed E-state index contributed by atoms with van der Waals surface area (Å²) in [6.07, 6.45) is 2.38. The van der Waals surface area contributed by atoms with Gasteiger partial charge in [0.2, 0.25) is 11.8 Å². The first-order valence-corrected chi connectivity index (χ1v) is 6.36. The number of nitrogens with two attached hydrogens (primary N) is 1. The van der Waals surface area contributed by atoms with E-state index in [0.717, 1.165) is 19.4 Å². The second kappa shape index (κ2) is 8.32. The molecule has 0 aromatic heterocycles. The standard InChI is InChI=1S/C12H23N3O2.ClH/c1-3-11(16)14-10-5-4-6-15(8-10)12(17)9(2)7-13;/h9-10H,3-8,13H2,1-2H3,(H,14,16);1H. The van der Waals surface area contributed by atoms with Crippen LogP contribution in [0.25, 0.3) is 0 Å². The summed E-state index contributed by atoms with van der Waals surface area (Å²) in [4.78, 5) is 25.1. The fraction of sp³-hybridized carbons (Fsp3) is 0.833. The number of nitrogens with one attached hydrogen (secondary N) is 1. The van der Waals surface area contributed by atoms with Crippen LogP contribution in [-0.2, 0) is 9.59 Å². The van der Waals surface area contributed by atoms with E-state index in [-0.39, 0.29) is 36.2 Å². The van der Waals surface area contributed by atoms with Crippen LogP contribution in [0.4, 0.5) is 0 Å². The number of halogens is 1. The molecule has 2 amide bonds. The van der Waals surface area contributed by atoms with Crippen LogP contribution in [0.2, 0.25) is 0 Å². The molecule has 106 valence electrons. The Balaban J connectivity index is 0.00000289. The molecule has 0 bridgehead atoms. The molecule has 0 aliphatic carbocycles. The molecule has 6 heteroatoms. The Morgan fingerprint density at radius 1 is 1.50 bits per heavy atom. The zero-order chi connectivity index (χ0) is 12.8. The van der Waals surface area contributed by atoms with E-state index >= 15 is 0 Å². The van der Waals surface area contributed by atoms with Gasteiger partial charge in [0.25, 0.3) is 0 Å². The Hall–Kier alpha value is -0.810. The van der Waals surface area contributed by atoms with E-state index in [4.69, 9.17) is 5.73 Å². The molecule has 3 N–H and O–H groups in total. The molecule has 1 aliphatic heterocycles. The predicted molar refractivity (Wildman–Crippen MR) is 73.5 cm³/mol. The van der Waals surface area contributed by atoms with Gasteiger partial charge in [-0.1, -0.05) is 13.8 Å². The summed E-state index contributed by atoms with van der Waals surface area (Å²) in [6.45, 7) is 5.45. The van der Waals surface area contributed by atoms with Gasteiger partial charge < -0.3 is 16.0 Å². The van der Waals surface area contributed by atoms with Crippen molar-refractivity contribution in [3.8, 4) is 0 Å². The number of carbonyl (C=O) groups is 2. The third kappa shape index (κ3) is 4.82. The fourth-order valence-electron chi connectivity index (χ4n) is 2.04. The van der Waals surface area contributed by atoms with Crippen LogP contribution in [0.15, 0.2) is 0 Å². The van der Waals surface area contributed by atoms with Crippen molar-refractivity contribution in [3.63, 3.8) is 0 Å². The van der Waals surface area contributed by atoms with E-state index < -0.39 is 0 Å². The Bertz CT molecular complexity index is 286. The third-order valence-corrected chi connectivity index (χ3v) is 3.19. The van der Waals surface area contributed by atoms with E-state index in [1.807, 2.05) is 18.7 Å². The number of nitrogens with zero attached hydrogens (tertiary/aromatic N) is 1. The van der Waals surface area contributed by atoms with Crippen LogP contribution >= 0.6 is 12.4 Å². The monoisotopic (exact) mass is 277 g/mol. The molecular weight excluding hydrogens is 254 g/mol. The average molecular weight is 278 g/mol. The van der Waals surface area contributed by atoms with Crippen molar-refractivity contribution in [2.24, 2.45) is 11.7 Å². The first-order valence-electron chi connectivity index (χ1n) is 6.36. The minimum absolute atomic E-state index is 0. The van der Waals surface area contributed by atoms with E-state index in [1.165, 1.54) is 0 Å². The summed E-state index contributed by atoms with van der Waals surface area (Å²) in [6, 6.07) is 0.102. The van der Waals surface area contributed by atoms with Gasteiger partial charge in [-0.2, -0.15) is 0 Å². The summed E-state index contributed by atoms with van der Waals surface area (Å²) < 4.78 is 0. The van der Waals surface area contributed by atoms with Gasteiger partial charge in [0.15, 0.2) is 0 Å². The maximum absolute atomic E-state index is 12.0. The van der Waals surface area contributed by atoms with Crippen LogP contribution in [0.5, 0.6) is 0 Å². The van der Waals surface area contributed by atoms with Gasteiger partial charge in [0.05, 0.1) is 0 Å². The van der Waals surface area contributed by atoms with Gasteiger partial charge in [-0.3, -0.25) is 9.59 Å². The summed E-state index contributed by atoms with van der Waals surface area (Å²) in [5, 5.41) is 2.95. The smallest absolute Gasteiger partial charge is 0.226 e. The van der Waals surface area contributed by atoms with E-state index in [2.05, 4.69) is 5.32 Å². The lowest BCUT2D eigenvalue weighted by Crippen LogP contribution is -2.51. The predicted octanol–water partition coefficient (Wildman–Crippen LogP) is 0.520. The Kier molecular flexibility index (Phi) is 7.95. The number of piperidine rings is 1. The van der Waals surface area contributed by atoms with E-state index in [0.29, 0.717) is 19.5 Å². The highest BCUT2D eigenvalue weighted by atomic mass is 35.5. The molecule has 18 heavy (non-hydrogen) atoms. The van der Waals surface area contributed by atoms with E-state index in [9.17, 15) is 9.59 Å². The van der Waals surface area contributed by atoms with Crippen LogP contribution in [0.3, 0.4) is 0 Å². The van der Waals surface area contributed by atoms with Crippen LogP contribution in [0.1, 0.15) is 33.1 Å². The number of likely N-dealkylation sites (tertiary alicyclic amines) is 1. The number of carbonyl (C=O) groups excluding carboxylic acids is 2. The highest BCUT2D eigenvalue weighted by Gasteiger charge is 2.26. The normalized spacial score (nSPS) is 20.8. The van der Waals surface area contributed by atoms with Gasteiger partial charge in [-0.25, -0.2) is 0 Å². The number of hydrogen-bond acceptors (Lipinski definition) is 3. The van der Waals surface area contributed by atoms with Crippen molar-refractivity contribution in [1.82, 2.24) is 10.2 Å². The van der Waals surface area contributed by atoms with Gasteiger partial charge in [0.1, 0.15) is 0 Å². The molecule has 2 atom stereocenters. The zero-order valence-electron chi connectivity index (χ0n) is 11.1. The molecule has 0 spiro atoms. The highest BCUT2D eigenvalue weighted by molar-refractivity contribution is 5.85. The maximum atomic E-state index is 12.0. The van der Waals surface area contributed by atoms with Crippen molar-refractivity contribution in [3.05, 3.63) is 0 Å². The molecular formula is C12H24ClN3O2. The highest BCUT2D eigenvalue weighted by Crippen LogP contribution is 2.13. The fourth-order valence-corrected chi connectivity index (χ4v) is 2.04. The van der Waals surface area contributed by atoms with Crippen molar-refractivity contribution in [1.29, 1.82) is 0 Å². The minimum Gasteiger partial charge on any atom is -0.352 e. The molecule has 0 aromatic rings. The second-order valence-corrected chi connectivity index (χ2v) is 4.68. The second-order valence-electron chi connectivity index (χ2n) is 4.68. The molecule has 1 saturated heterocycles. The number of hydrogen-bond donors (Lipinski definition) is 2. The molecule has 1 fully saturated rings. The minimum atomic E-state index is -0.129. The van der Waals surface area contributed by atoms with Crippen molar-refractivity contribution >= 4 is 24.2 Å². The summed E-state index contributed by atoms with van der Waals surface area (Å²) >= 11 is 0. The van der Waals surface area contributed by atoms with Crippen LogP contribution < -0.4 is 11.1 Å². The van der Waals surface area contributed by atoms with Gasteiger partial charge in [-0.05, 0) is 12.8 Å². The summed E-state index contributed by atoms with van der Waals surface area (Å²) in [7, 11) is 0. The maximum Gasteiger partial charge on any atom is 0.226 e. The summed E-state index contributed by atoms with van der Waals surface area (Å²) in [5.41, 5.74) is 5.50. The van der Waals surface area contributed by atoms with Crippen molar-refractivity contribution in [2.75, 3.05) is 19.6 Å². The third-order valence-electron chi connectivity index (χ3n) is 3.19. The molecule has 1 aliphatic rings. The molecule has 2 unspecified atom stereocenters. The van der Waals surface area contributed by atoms with Gasteiger partial charge >= 0.3 is 0 Å². The molecule has 1 heterocycles. The van der Waals surface area contributed by atoms with Crippen LogP contribution in [0, 0.1) is 5.92 Å². The van der Waals surface area contributed by atoms with Gasteiger partial charge in [0, 0.05) is 38.0 Å². The Morgan fingerprint density at radius 3 is 2.72 bits per heavy atom. The lowest BCUT2D eigenvalue weighted by Gasteiger charge is -2.34. The Morgan fingerprint density at radius 2 is 2.17 bits per heavy atom. The molecule has 5 nitrogen and oxygen atoms in total. The zero-order valence-corrected chi connectivity index (χ0v) is 12.0. The van der Waals surface area contributed by atoms with Gasteiger partial charge in [-0.15, -0.1) is 12.4 Å². The molecule has 1 rings (SSSR count). The molecule has 0 saturated carbocycles. The SMILES string of the molecule is CCC(=O)NC1CCCN(C(=O)C(C)CN)C1.Cl. The first-order chi connectivity index (χ1) is 8.08. The number of rotatable bonds is 4. The number of amides is 2. The molecule has 0 radical (unpaired) electrons.